The Morgan fingerprint density at radius 2 is 1.83 bits per heavy atom. The number of hydrogen-bond donors (Lipinski definition) is 1. The number of benzene rings is 1. The summed E-state index contributed by atoms with van der Waals surface area (Å²) in [6.07, 6.45) is 4.07. The van der Waals surface area contributed by atoms with E-state index in [0.29, 0.717) is 6.42 Å². The summed E-state index contributed by atoms with van der Waals surface area (Å²) < 4.78 is 1.18. The van der Waals surface area contributed by atoms with Crippen molar-refractivity contribution < 1.29 is 9.90 Å². The Kier molecular flexibility index (Phi) is 5.00. The molecule has 0 aliphatic carbocycles. The van der Waals surface area contributed by atoms with Gasteiger partial charge < -0.3 is 5.11 Å². The second-order valence-corrected chi connectivity index (χ2v) is 6.03. The van der Waals surface area contributed by atoms with E-state index in [2.05, 4.69) is 27.5 Å². The van der Waals surface area contributed by atoms with E-state index in [0.717, 1.165) is 31.5 Å². The molecular weight excluding hydrogens is 341 g/mol. The quantitative estimate of drug-likeness (QED) is 0.841. The fourth-order valence-electron chi connectivity index (χ4n) is 2.45. The first-order chi connectivity index (χ1) is 8.66. The SMILES string of the molecule is O=C(O)[C@@H](Cc1ccc(I)cc1)N1CCCCC1. The minimum atomic E-state index is -0.699. The van der Waals surface area contributed by atoms with Crippen LogP contribution in [-0.2, 0) is 11.2 Å². The smallest absolute Gasteiger partial charge is 0.321 e. The third kappa shape index (κ3) is 3.68. The number of aliphatic carboxylic acids is 1. The molecule has 0 saturated carbocycles. The van der Waals surface area contributed by atoms with Crippen molar-refractivity contribution >= 4 is 28.6 Å². The summed E-state index contributed by atoms with van der Waals surface area (Å²) in [6.45, 7) is 1.84. The molecule has 0 radical (unpaired) electrons. The van der Waals surface area contributed by atoms with Crippen LogP contribution in [0.3, 0.4) is 0 Å². The van der Waals surface area contributed by atoms with Gasteiger partial charge in [0.25, 0.3) is 0 Å². The Bertz CT molecular complexity index is 399. The number of likely N-dealkylation sites (tertiary alicyclic amines) is 1. The van der Waals surface area contributed by atoms with Gasteiger partial charge in [0.05, 0.1) is 0 Å². The van der Waals surface area contributed by atoms with E-state index in [9.17, 15) is 9.90 Å². The molecule has 3 nitrogen and oxygen atoms in total. The fourth-order valence-corrected chi connectivity index (χ4v) is 2.81. The molecule has 0 amide bonds. The maximum Gasteiger partial charge on any atom is 0.321 e. The molecule has 0 bridgehead atoms. The predicted octanol–water partition coefficient (Wildman–Crippen LogP) is 2.77. The lowest BCUT2D eigenvalue weighted by Crippen LogP contribution is -2.45. The Balaban J connectivity index is 2.05. The first-order valence-electron chi connectivity index (χ1n) is 6.38. The fraction of sp³-hybridized carbons (Fsp3) is 0.500. The number of carboxylic acids is 1. The van der Waals surface area contributed by atoms with Gasteiger partial charge in [-0.05, 0) is 72.6 Å². The maximum absolute atomic E-state index is 11.4. The van der Waals surface area contributed by atoms with Crippen LogP contribution in [0.5, 0.6) is 0 Å². The second-order valence-electron chi connectivity index (χ2n) is 4.78. The Morgan fingerprint density at radius 1 is 1.22 bits per heavy atom. The van der Waals surface area contributed by atoms with Crippen molar-refractivity contribution in [2.45, 2.75) is 31.7 Å². The van der Waals surface area contributed by atoms with Crippen LogP contribution in [-0.4, -0.2) is 35.1 Å². The van der Waals surface area contributed by atoms with Crippen molar-refractivity contribution in [1.29, 1.82) is 0 Å². The third-order valence-electron chi connectivity index (χ3n) is 3.46. The molecule has 0 unspecified atom stereocenters. The Morgan fingerprint density at radius 3 is 2.39 bits per heavy atom. The van der Waals surface area contributed by atoms with Gasteiger partial charge in [0.15, 0.2) is 0 Å². The number of halogens is 1. The number of nitrogens with zero attached hydrogens (tertiary/aromatic N) is 1. The summed E-state index contributed by atoms with van der Waals surface area (Å²) in [5.41, 5.74) is 1.10. The van der Waals surface area contributed by atoms with Crippen LogP contribution in [0, 0.1) is 3.57 Å². The standard InChI is InChI=1S/C14H18INO2/c15-12-6-4-11(5-7-12)10-13(14(17)18)16-8-2-1-3-9-16/h4-7,13H,1-3,8-10H2,(H,17,18)/t13-/m1/s1. The van der Waals surface area contributed by atoms with Crippen molar-refractivity contribution in [3.63, 3.8) is 0 Å². The minimum Gasteiger partial charge on any atom is -0.480 e. The van der Waals surface area contributed by atoms with Crippen molar-refractivity contribution in [2.24, 2.45) is 0 Å². The van der Waals surface area contributed by atoms with Crippen LogP contribution in [0.25, 0.3) is 0 Å². The van der Waals surface area contributed by atoms with Gasteiger partial charge in [-0.1, -0.05) is 18.6 Å². The average Bonchev–Trinajstić information content (AvgIpc) is 2.38. The third-order valence-corrected chi connectivity index (χ3v) is 4.18. The van der Waals surface area contributed by atoms with E-state index < -0.39 is 5.97 Å². The molecule has 2 rings (SSSR count). The molecule has 18 heavy (non-hydrogen) atoms. The largest absolute Gasteiger partial charge is 0.480 e. The lowest BCUT2D eigenvalue weighted by molar-refractivity contribution is -0.143. The molecular formula is C14H18INO2. The summed E-state index contributed by atoms with van der Waals surface area (Å²) in [4.78, 5) is 13.5. The summed E-state index contributed by atoms with van der Waals surface area (Å²) in [7, 11) is 0. The molecule has 1 saturated heterocycles. The molecule has 1 aliphatic heterocycles. The van der Waals surface area contributed by atoms with E-state index >= 15 is 0 Å². The van der Waals surface area contributed by atoms with Gasteiger partial charge in [0.1, 0.15) is 6.04 Å². The number of piperidine rings is 1. The highest BCUT2D eigenvalue weighted by molar-refractivity contribution is 14.1. The molecule has 1 aliphatic rings. The average molecular weight is 359 g/mol. The van der Waals surface area contributed by atoms with Crippen molar-refractivity contribution in [3.05, 3.63) is 33.4 Å². The normalized spacial score (nSPS) is 18.5. The van der Waals surface area contributed by atoms with Gasteiger partial charge in [0, 0.05) is 3.57 Å². The zero-order chi connectivity index (χ0) is 13.0. The van der Waals surface area contributed by atoms with Crippen LogP contribution in [0.15, 0.2) is 24.3 Å². The highest BCUT2D eigenvalue weighted by Crippen LogP contribution is 2.17. The van der Waals surface area contributed by atoms with Gasteiger partial charge in [0.2, 0.25) is 0 Å². The first kappa shape index (κ1) is 13.8. The summed E-state index contributed by atoms with van der Waals surface area (Å²) in [6, 6.07) is 7.75. The number of carboxylic acid groups (broad SMARTS) is 1. The van der Waals surface area contributed by atoms with Crippen molar-refractivity contribution in [1.82, 2.24) is 4.90 Å². The van der Waals surface area contributed by atoms with E-state index in [1.54, 1.807) is 0 Å². The van der Waals surface area contributed by atoms with Crippen LogP contribution in [0.2, 0.25) is 0 Å². The molecule has 98 valence electrons. The summed E-state index contributed by atoms with van der Waals surface area (Å²) >= 11 is 2.26. The van der Waals surface area contributed by atoms with Gasteiger partial charge in [-0.2, -0.15) is 0 Å². The molecule has 1 heterocycles. The van der Waals surface area contributed by atoms with Crippen LogP contribution in [0.4, 0.5) is 0 Å². The summed E-state index contributed by atoms with van der Waals surface area (Å²) in [5, 5.41) is 9.40. The van der Waals surface area contributed by atoms with Crippen molar-refractivity contribution in [2.75, 3.05) is 13.1 Å². The van der Waals surface area contributed by atoms with Gasteiger partial charge in [-0.3, -0.25) is 9.69 Å². The zero-order valence-corrected chi connectivity index (χ0v) is 12.5. The lowest BCUT2D eigenvalue weighted by Gasteiger charge is -2.32. The summed E-state index contributed by atoms with van der Waals surface area (Å²) in [5.74, 6) is -0.699. The van der Waals surface area contributed by atoms with E-state index in [1.165, 1.54) is 9.99 Å². The second kappa shape index (κ2) is 6.52. The molecule has 1 fully saturated rings. The highest BCUT2D eigenvalue weighted by Gasteiger charge is 2.26. The first-order valence-corrected chi connectivity index (χ1v) is 7.46. The lowest BCUT2D eigenvalue weighted by atomic mass is 10.0. The monoisotopic (exact) mass is 359 g/mol. The zero-order valence-electron chi connectivity index (χ0n) is 10.3. The minimum absolute atomic E-state index is 0.370. The topological polar surface area (TPSA) is 40.5 Å². The highest BCUT2D eigenvalue weighted by atomic mass is 127. The number of hydrogen-bond acceptors (Lipinski definition) is 2. The Labute approximate surface area is 121 Å². The molecule has 1 aromatic rings. The van der Waals surface area contributed by atoms with Gasteiger partial charge in [-0.25, -0.2) is 0 Å². The molecule has 1 N–H and O–H groups in total. The van der Waals surface area contributed by atoms with E-state index in [1.807, 2.05) is 24.3 Å². The van der Waals surface area contributed by atoms with E-state index in [4.69, 9.17) is 0 Å². The number of rotatable bonds is 4. The van der Waals surface area contributed by atoms with Gasteiger partial charge in [-0.15, -0.1) is 0 Å². The Hall–Kier alpha value is -0.620. The van der Waals surface area contributed by atoms with E-state index in [-0.39, 0.29) is 6.04 Å². The van der Waals surface area contributed by atoms with Crippen LogP contribution < -0.4 is 0 Å². The predicted molar refractivity (Wildman–Crippen MR) is 79.7 cm³/mol. The molecule has 1 aromatic carbocycles. The van der Waals surface area contributed by atoms with Crippen molar-refractivity contribution in [3.8, 4) is 0 Å². The van der Waals surface area contributed by atoms with Gasteiger partial charge >= 0.3 is 5.97 Å². The number of carbonyl (C=O) groups is 1. The maximum atomic E-state index is 11.4. The van der Waals surface area contributed by atoms with Crippen LogP contribution in [0.1, 0.15) is 24.8 Å². The van der Waals surface area contributed by atoms with Crippen LogP contribution >= 0.6 is 22.6 Å². The molecule has 1 atom stereocenters. The molecule has 4 heteroatoms. The molecule has 0 aromatic heterocycles. The molecule has 0 spiro atoms.